The summed E-state index contributed by atoms with van der Waals surface area (Å²) >= 11 is 6.09. The Bertz CT molecular complexity index is 1160. The van der Waals surface area contributed by atoms with Gasteiger partial charge in [-0.1, -0.05) is 55.8 Å². The molecule has 0 unspecified atom stereocenters. The van der Waals surface area contributed by atoms with Gasteiger partial charge in [-0.3, -0.25) is 4.79 Å². The van der Waals surface area contributed by atoms with Crippen LogP contribution in [0.5, 0.6) is 0 Å². The first-order chi connectivity index (χ1) is 13.0. The monoisotopic (exact) mass is 378 g/mol. The number of halogens is 1. The first-order valence-corrected chi connectivity index (χ1v) is 9.21. The summed E-state index contributed by atoms with van der Waals surface area (Å²) in [4.78, 5) is 13.3. The van der Waals surface area contributed by atoms with Gasteiger partial charge in [0.05, 0.1) is 24.1 Å². The minimum atomic E-state index is -0.171. The summed E-state index contributed by atoms with van der Waals surface area (Å²) in [5, 5.41) is 10.5. The van der Waals surface area contributed by atoms with Gasteiger partial charge in [0, 0.05) is 10.4 Å². The number of hydrogen-bond donors (Lipinski definition) is 0. The molecule has 2 aromatic heterocycles. The number of benzene rings is 2. The molecule has 0 atom stereocenters. The average Bonchev–Trinajstić information content (AvgIpc) is 3.10. The molecular formula is C21H19ClN4O. The van der Waals surface area contributed by atoms with Crippen LogP contribution >= 0.6 is 11.6 Å². The fourth-order valence-corrected chi connectivity index (χ4v) is 3.41. The van der Waals surface area contributed by atoms with E-state index in [1.54, 1.807) is 10.9 Å². The summed E-state index contributed by atoms with van der Waals surface area (Å²) in [5.74, 6) is 0.159. The van der Waals surface area contributed by atoms with Crippen LogP contribution in [0.3, 0.4) is 0 Å². The highest BCUT2D eigenvalue weighted by atomic mass is 35.5. The molecule has 0 bridgehead atoms. The molecule has 0 aliphatic carbocycles. The van der Waals surface area contributed by atoms with Gasteiger partial charge in [-0.05, 0) is 35.7 Å². The maximum atomic E-state index is 13.3. The van der Waals surface area contributed by atoms with Gasteiger partial charge in [0.15, 0.2) is 0 Å². The molecule has 0 aliphatic heterocycles. The lowest BCUT2D eigenvalue weighted by Crippen LogP contribution is -2.27. The van der Waals surface area contributed by atoms with Gasteiger partial charge < -0.3 is 0 Å². The Balaban J connectivity index is 1.95. The van der Waals surface area contributed by atoms with E-state index in [1.165, 1.54) is 4.68 Å². The van der Waals surface area contributed by atoms with Crippen LogP contribution in [-0.4, -0.2) is 19.6 Å². The predicted octanol–water partition coefficient (Wildman–Crippen LogP) is 4.41. The van der Waals surface area contributed by atoms with Crippen molar-refractivity contribution in [2.45, 2.75) is 26.3 Å². The third-order valence-electron chi connectivity index (χ3n) is 4.48. The van der Waals surface area contributed by atoms with E-state index in [9.17, 15) is 4.79 Å². The predicted molar refractivity (Wildman–Crippen MR) is 108 cm³/mol. The summed E-state index contributed by atoms with van der Waals surface area (Å²) < 4.78 is 3.20. The van der Waals surface area contributed by atoms with E-state index >= 15 is 0 Å². The van der Waals surface area contributed by atoms with E-state index in [2.05, 4.69) is 24.0 Å². The molecule has 0 spiro atoms. The Labute approximate surface area is 161 Å². The summed E-state index contributed by atoms with van der Waals surface area (Å²) in [6.45, 7) is 4.49. The highest BCUT2D eigenvalue weighted by Gasteiger charge is 2.18. The number of fused-ring (bicyclic) bond motifs is 1. The fourth-order valence-electron chi connectivity index (χ4n) is 3.20. The molecule has 0 amide bonds. The van der Waals surface area contributed by atoms with Crippen molar-refractivity contribution >= 4 is 22.5 Å². The molecule has 27 heavy (non-hydrogen) atoms. The van der Waals surface area contributed by atoms with Crippen molar-refractivity contribution in [3.05, 3.63) is 87.4 Å². The van der Waals surface area contributed by atoms with Crippen molar-refractivity contribution in [3.8, 4) is 5.69 Å². The van der Waals surface area contributed by atoms with E-state index in [4.69, 9.17) is 11.6 Å². The Kier molecular flexibility index (Phi) is 4.54. The van der Waals surface area contributed by atoms with E-state index < -0.39 is 0 Å². The molecule has 0 fully saturated rings. The van der Waals surface area contributed by atoms with Crippen LogP contribution < -0.4 is 5.56 Å². The van der Waals surface area contributed by atoms with Gasteiger partial charge in [-0.2, -0.15) is 10.2 Å². The Morgan fingerprint density at radius 1 is 1.07 bits per heavy atom. The summed E-state index contributed by atoms with van der Waals surface area (Å²) in [7, 11) is 0. The molecule has 136 valence electrons. The highest BCUT2D eigenvalue weighted by Crippen LogP contribution is 2.23. The topological polar surface area (TPSA) is 52.7 Å². The van der Waals surface area contributed by atoms with Crippen LogP contribution in [0.15, 0.2) is 65.6 Å². The first kappa shape index (κ1) is 17.5. The Morgan fingerprint density at radius 2 is 1.85 bits per heavy atom. The average molecular weight is 379 g/mol. The SMILES string of the molecule is CC(C)c1nn(Cc2cccc(Cl)c2)c(=O)c2c1cnn2-c1ccccc1. The lowest BCUT2D eigenvalue weighted by molar-refractivity contribution is 0.612. The molecule has 4 rings (SSSR count). The van der Waals surface area contributed by atoms with Crippen LogP contribution in [0.25, 0.3) is 16.6 Å². The Morgan fingerprint density at radius 3 is 2.56 bits per heavy atom. The van der Waals surface area contributed by atoms with Crippen molar-refractivity contribution in [1.29, 1.82) is 0 Å². The molecule has 0 aliphatic rings. The van der Waals surface area contributed by atoms with Crippen molar-refractivity contribution in [1.82, 2.24) is 19.6 Å². The second-order valence-corrected chi connectivity index (χ2v) is 7.22. The smallest absolute Gasteiger partial charge is 0.265 e. The second kappa shape index (κ2) is 7.00. The van der Waals surface area contributed by atoms with Crippen LogP contribution in [0.2, 0.25) is 5.02 Å². The largest absolute Gasteiger partial charge is 0.293 e. The van der Waals surface area contributed by atoms with Crippen LogP contribution in [0.1, 0.15) is 31.0 Å². The summed E-state index contributed by atoms with van der Waals surface area (Å²) in [6, 6.07) is 17.1. The van der Waals surface area contributed by atoms with Gasteiger partial charge in [-0.25, -0.2) is 9.36 Å². The third-order valence-corrected chi connectivity index (χ3v) is 4.71. The van der Waals surface area contributed by atoms with E-state index in [1.807, 2.05) is 54.6 Å². The first-order valence-electron chi connectivity index (χ1n) is 8.83. The van der Waals surface area contributed by atoms with Crippen molar-refractivity contribution in [3.63, 3.8) is 0 Å². The number of hydrogen-bond acceptors (Lipinski definition) is 3. The lowest BCUT2D eigenvalue weighted by atomic mass is 10.1. The van der Waals surface area contributed by atoms with Gasteiger partial charge >= 0.3 is 0 Å². The summed E-state index contributed by atoms with van der Waals surface area (Å²) in [6.07, 6.45) is 1.73. The van der Waals surface area contributed by atoms with Crippen molar-refractivity contribution < 1.29 is 0 Å². The molecule has 0 radical (unpaired) electrons. The molecular weight excluding hydrogens is 360 g/mol. The molecule has 0 saturated carbocycles. The minimum Gasteiger partial charge on any atom is -0.265 e. The van der Waals surface area contributed by atoms with E-state index in [0.29, 0.717) is 17.1 Å². The molecule has 5 nitrogen and oxygen atoms in total. The zero-order chi connectivity index (χ0) is 19.0. The maximum Gasteiger partial charge on any atom is 0.293 e. The maximum absolute atomic E-state index is 13.3. The number of rotatable bonds is 4. The van der Waals surface area contributed by atoms with Crippen LogP contribution in [-0.2, 0) is 6.54 Å². The number of aromatic nitrogens is 4. The fraction of sp³-hybridized carbons (Fsp3) is 0.190. The van der Waals surface area contributed by atoms with Crippen LogP contribution in [0.4, 0.5) is 0 Å². The standard InChI is InChI=1S/C21H19ClN4O/c1-14(2)19-18-12-23-26(17-9-4-3-5-10-17)20(18)21(27)25(24-19)13-15-7-6-8-16(22)11-15/h3-12,14H,13H2,1-2H3. The molecule has 2 heterocycles. The molecule has 0 saturated heterocycles. The molecule has 0 N–H and O–H groups in total. The van der Waals surface area contributed by atoms with Gasteiger partial charge in [0.25, 0.3) is 5.56 Å². The normalized spacial score (nSPS) is 11.4. The molecule has 2 aromatic carbocycles. The van der Waals surface area contributed by atoms with Crippen molar-refractivity contribution in [2.24, 2.45) is 0 Å². The zero-order valence-corrected chi connectivity index (χ0v) is 15.9. The Hall–Kier alpha value is -2.92. The van der Waals surface area contributed by atoms with Gasteiger partial charge in [-0.15, -0.1) is 0 Å². The number of nitrogens with zero attached hydrogens (tertiary/aromatic N) is 4. The minimum absolute atomic E-state index is 0.159. The second-order valence-electron chi connectivity index (χ2n) is 6.79. The highest BCUT2D eigenvalue weighted by molar-refractivity contribution is 6.30. The van der Waals surface area contributed by atoms with Gasteiger partial charge in [0.2, 0.25) is 0 Å². The van der Waals surface area contributed by atoms with Crippen LogP contribution in [0, 0.1) is 0 Å². The number of para-hydroxylation sites is 1. The molecule has 6 heteroatoms. The van der Waals surface area contributed by atoms with E-state index in [-0.39, 0.29) is 11.5 Å². The zero-order valence-electron chi connectivity index (χ0n) is 15.1. The molecule has 4 aromatic rings. The quantitative estimate of drug-likeness (QED) is 0.528. The van der Waals surface area contributed by atoms with Gasteiger partial charge in [0.1, 0.15) is 5.52 Å². The third kappa shape index (κ3) is 3.26. The summed E-state index contributed by atoms with van der Waals surface area (Å²) in [5.41, 5.74) is 3.00. The lowest BCUT2D eigenvalue weighted by Gasteiger charge is -2.12. The van der Waals surface area contributed by atoms with Crippen molar-refractivity contribution in [2.75, 3.05) is 0 Å². The van der Waals surface area contributed by atoms with E-state index in [0.717, 1.165) is 22.3 Å².